The Morgan fingerprint density at radius 2 is 2.07 bits per heavy atom. The number of benzene rings is 1. The Bertz CT molecular complexity index is 1010. The van der Waals surface area contributed by atoms with Gasteiger partial charge < -0.3 is 23.9 Å². The zero-order valence-electron chi connectivity index (χ0n) is 16.4. The average Bonchev–Trinajstić information content (AvgIpc) is 3.38. The summed E-state index contributed by atoms with van der Waals surface area (Å²) in [6, 6.07) is 11.4. The average molecular weight is 494 g/mol. The lowest BCUT2D eigenvalue weighted by Crippen LogP contribution is -2.15. The number of nitrogens with one attached hydrogen (secondary N) is 1. The van der Waals surface area contributed by atoms with Crippen LogP contribution in [0.3, 0.4) is 0 Å². The van der Waals surface area contributed by atoms with Gasteiger partial charge in [0.15, 0.2) is 17.2 Å². The van der Waals surface area contributed by atoms with Gasteiger partial charge in [-0.3, -0.25) is 0 Å². The first-order valence-electron chi connectivity index (χ1n) is 9.09. The predicted octanol–water partition coefficient (Wildman–Crippen LogP) is 5.11. The highest BCUT2D eigenvalue weighted by Crippen LogP contribution is 2.46. The number of hydrogen-bond donors (Lipinski definition) is 1. The van der Waals surface area contributed by atoms with Crippen molar-refractivity contribution in [2.75, 3.05) is 25.6 Å². The lowest BCUT2D eigenvalue weighted by Gasteiger charge is -2.08. The standard InChI is InChI=1S/C21H20BrNO6S/c1-3-27-16(24)12-29-18-17(22)19(30-20(18)21(25)26-2)13-6-4-7-14(10-13)23-11-15-8-5-9-28-15/h4-10,23H,3,11-12H2,1-2H3. The van der Waals surface area contributed by atoms with E-state index in [9.17, 15) is 9.59 Å². The van der Waals surface area contributed by atoms with Crippen molar-refractivity contribution in [2.45, 2.75) is 13.5 Å². The van der Waals surface area contributed by atoms with E-state index >= 15 is 0 Å². The number of furan rings is 1. The molecule has 0 aliphatic carbocycles. The van der Waals surface area contributed by atoms with Crippen LogP contribution in [0.15, 0.2) is 51.6 Å². The number of hydrogen-bond acceptors (Lipinski definition) is 8. The van der Waals surface area contributed by atoms with Crippen LogP contribution < -0.4 is 10.1 Å². The summed E-state index contributed by atoms with van der Waals surface area (Å²) in [4.78, 5) is 25.0. The number of thiophene rings is 1. The van der Waals surface area contributed by atoms with Gasteiger partial charge in [-0.15, -0.1) is 11.3 Å². The van der Waals surface area contributed by atoms with Crippen LogP contribution >= 0.6 is 27.3 Å². The molecule has 1 N–H and O–H groups in total. The van der Waals surface area contributed by atoms with Gasteiger partial charge in [0, 0.05) is 5.69 Å². The number of anilines is 1. The van der Waals surface area contributed by atoms with E-state index in [0.717, 1.165) is 21.9 Å². The van der Waals surface area contributed by atoms with Crippen molar-refractivity contribution in [1.82, 2.24) is 0 Å². The molecule has 0 radical (unpaired) electrons. The molecule has 0 atom stereocenters. The molecule has 0 spiro atoms. The molecular formula is C21H20BrNO6S. The van der Waals surface area contributed by atoms with Crippen molar-refractivity contribution in [3.8, 4) is 16.2 Å². The summed E-state index contributed by atoms with van der Waals surface area (Å²) < 4.78 is 21.3. The van der Waals surface area contributed by atoms with E-state index in [-0.39, 0.29) is 23.8 Å². The number of ether oxygens (including phenoxy) is 3. The van der Waals surface area contributed by atoms with E-state index in [1.54, 1.807) is 13.2 Å². The van der Waals surface area contributed by atoms with Crippen LogP contribution in [0.25, 0.3) is 10.4 Å². The third-order valence-electron chi connectivity index (χ3n) is 3.99. The minimum atomic E-state index is -0.544. The fourth-order valence-electron chi connectivity index (χ4n) is 2.64. The summed E-state index contributed by atoms with van der Waals surface area (Å²) in [5, 5.41) is 3.30. The summed E-state index contributed by atoms with van der Waals surface area (Å²) in [6.45, 7) is 2.20. The maximum Gasteiger partial charge on any atom is 0.351 e. The summed E-state index contributed by atoms with van der Waals surface area (Å²) in [7, 11) is 1.30. The normalized spacial score (nSPS) is 10.5. The second kappa shape index (κ2) is 10.3. The molecule has 0 fully saturated rings. The maximum atomic E-state index is 12.3. The molecule has 158 valence electrons. The quantitative estimate of drug-likeness (QED) is 0.414. The van der Waals surface area contributed by atoms with Gasteiger partial charge in [0.1, 0.15) is 5.76 Å². The summed E-state index contributed by atoms with van der Waals surface area (Å²) in [6.07, 6.45) is 1.63. The molecule has 0 amide bonds. The fraction of sp³-hybridized carbons (Fsp3) is 0.238. The molecule has 0 unspecified atom stereocenters. The molecule has 0 bridgehead atoms. The first-order chi connectivity index (χ1) is 14.5. The molecule has 3 aromatic rings. The second-order valence-electron chi connectivity index (χ2n) is 6.00. The lowest BCUT2D eigenvalue weighted by atomic mass is 10.1. The Kier molecular flexibility index (Phi) is 7.53. The van der Waals surface area contributed by atoms with Crippen LogP contribution in [0.1, 0.15) is 22.4 Å². The number of esters is 2. The topological polar surface area (TPSA) is 87.0 Å². The molecular weight excluding hydrogens is 474 g/mol. The molecule has 9 heteroatoms. The first-order valence-corrected chi connectivity index (χ1v) is 10.7. The van der Waals surface area contributed by atoms with E-state index in [1.165, 1.54) is 18.4 Å². The molecule has 30 heavy (non-hydrogen) atoms. The van der Waals surface area contributed by atoms with Crippen molar-refractivity contribution in [3.63, 3.8) is 0 Å². The molecule has 3 rings (SSSR count). The van der Waals surface area contributed by atoms with Crippen LogP contribution in [0, 0.1) is 0 Å². The van der Waals surface area contributed by atoms with Crippen molar-refractivity contribution in [2.24, 2.45) is 0 Å². The third-order valence-corrected chi connectivity index (χ3v) is 6.21. The van der Waals surface area contributed by atoms with Crippen molar-refractivity contribution < 1.29 is 28.2 Å². The smallest absolute Gasteiger partial charge is 0.351 e. The van der Waals surface area contributed by atoms with Crippen molar-refractivity contribution in [1.29, 1.82) is 0 Å². The van der Waals surface area contributed by atoms with Gasteiger partial charge in [0.2, 0.25) is 0 Å². The number of rotatable bonds is 9. The van der Waals surface area contributed by atoms with Crippen LogP contribution in [-0.4, -0.2) is 32.3 Å². The van der Waals surface area contributed by atoms with E-state index in [4.69, 9.17) is 18.6 Å². The number of carbonyl (C=O) groups excluding carboxylic acids is 2. The van der Waals surface area contributed by atoms with E-state index in [2.05, 4.69) is 21.2 Å². The molecule has 0 saturated heterocycles. The highest BCUT2D eigenvalue weighted by Gasteiger charge is 2.25. The molecule has 0 aliphatic rings. The van der Waals surface area contributed by atoms with Gasteiger partial charge >= 0.3 is 11.9 Å². The number of halogens is 1. The highest BCUT2D eigenvalue weighted by molar-refractivity contribution is 9.10. The van der Waals surface area contributed by atoms with Crippen LogP contribution in [0.4, 0.5) is 5.69 Å². The Balaban J connectivity index is 1.86. The van der Waals surface area contributed by atoms with Crippen LogP contribution in [0.2, 0.25) is 0 Å². The largest absolute Gasteiger partial charge is 0.479 e. The molecule has 0 aliphatic heterocycles. The van der Waals surface area contributed by atoms with Crippen LogP contribution in [-0.2, 0) is 20.8 Å². The van der Waals surface area contributed by atoms with E-state index in [1.807, 2.05) is 36.4 Å². The van der Waals surface area contributed by atoms with E-state index < -0.39 is 11.9 Å². The minimum Gasteiger partial charge on any atom is -0.479 e. The van der Waals surface area contributed by atoms with Gasteiger partial charge in [0.25, 0.3) is 0 Å². The van der Waals surface area contributed by atoms with Gasteiger partial charge in [-0.05, 0) is 52.7 Å². The zero-order chi connectivity index (χ0) is 21.5. The molecule has 0 saturated carbocycles. The number of carbonyl (C=O) groups is 2. The van der Waals surface area contributed by atoms with Crippen LogP contribution in [0.5, 0.6) is 5.75 Å². The monoisotopic (exact) mass is 493 g/mol. The second-order valence-corrected chi connectivity index (χ2v) is 7.82. The van der Waals surface area contributed by atoms with Crippen molar-refractivity contribution >= 4 is 44.9 Å². The number of methoxy groups -OCH3 is 1. The lowest BCUT2D eigenvalue weighted by molar-refractivity contribution is -0.145. The fourth-order valence-corrected chi connectivity index (χ4v) is 4.61. The van der Waals surface area contributed by atoms with Gasteiger partial charge in [0.05, 0.1) is 35.9 Å². The summed E-state index contributed by atoms with van der Waals surface area (Å²) in [5.74, 6) is 0.0131. The van der Waals surface area contributed by atoms with E-state index in [0.29, 0.717) is 11.0 Å². The Hall–Kier alpha value is -2.78. The minimum absolute atomic E-state index is 0.250. The zero-order valence-corrected chi connectivity index (χ0v) is 18.8. The third kappa shape index (κ3) is 5.22. The SMILES string of the molecule is CCOC(=O)COc1c(C(=O)OC)sc(-c2cccc(NCc3ccco3)c2)c1Br. The maximum absolute atomic E-state index is 12.3. The molecule has 2 aromatic heterocycles. The van der Waals surface area contributed by atoms with Gasteiger partial charge in [-0.25, -0.2) is 9.59 Å². The van der Waals surface area contributed by atoms with Crippen molar-refractivity contribution in [3.05, 3.63) is 57.8 Å². The Morgan fingerprint density at radius 3 is 2.77 bits per heavy atom. The molecule has 1 aromatic carbocycles. The summed E-state index contributed by atoms with van der Waals surface area (Å²) >= 11 is 4.73. The Labute approximate surface area is 186 Å². The Morgan fingerprint density at radius 1 is 1.23 bits per heavy atom. The predicted molar refractivity (Wildman–Crippen MR) is 117 cm³/mol. The molecule has 2 heterocycles. The molecule has 7 nitrogen and oxygen atoms in total. The van der Waals surface area contributed by atoms with Gasteiger partial charge in [-0.2, -0.15) is 0 Å². The highest BCUT2D eigenvalue weighted by atomic mass is 79.9. The first kappa shape index (κ1) is 21.9. The van der Waals surface area contributed by atoms with Gasteiger partial charge in [-0.1, -0.05) is 12.1 Å². The summed E-state index contributed by atoms with van der Waals surface area (Å²) in [5.41, 5.74) is 1.75.